The maximum Gasteiger partial charge on any atom is 0.273 e. The van der Waals surface area contributed by atoms with E-state index in [2.05, 4.69) is 52.7 Å². The fraction of sp³-hybridized carbons (Fsp3) is 0.476. The summed E-state index contributed by atoms with van der Waals surface area (Å²) in [5.41, 5.74) is 2.20. The third-order valence-corrected chi connectivity index (χ3v) is 6.42. The van der Waals surface area contributed by atoms with Crippen molar-refractivity contribution in [1.82, 2.24) is 30.0 Å². The fourth-order valence-electron chi connectivity index (χ4n) is 3.69. The van der Waals surface area contributed by atoms with E-state index >= 15 is 0 Å². The number of aromatic amines is 1. The number of nitrogens with one attached hydrogen (secondary N) is 3. The summed E-state index contributed by atoms with van der Waals surface area (Å²) in [5, 5.41) is 15.8. The zero-order valence-corrected chi connectivity index (χ0v) is 19.8. The summed E-state index contributed by atoms with van der Waals surface area (Å²) in [5.74, 6) is 1.21. The highest BCUT2D eigenvalue weighted by molar-refractivity contribution is 6.32. The van der Waals surface area contributed by atoms with E-state index in [0.717, 1.165) is 29.6 Å². The summed E-state index contributed by atoms with van der Waals surface area (Å²) in [6.45, 7) is 8.32. The van der Waals surface area contributed by atoms with Crippen LogP contribution < -0.4 is 10.6 Å². The molecule has 1 fully saturated rings. The first-order valence-electron chi connectivity index (χ1n) is 10.2. The van der Waals surface area contributed by atoms with Gasteiger partial charge in [0.1, 0.15) is 11.5 Å². The number of hydrogen-bond donors (Lipinski definition) is 3. The van der Waals surface area contributed by atoms with E-state index in [4.69, 9.17) is 23.2 Å². The standard InChI is InChI=1S/C21H27Cl2N7O/c1-21(2,3)13-6-12-15(7-14(13)22)27-28-19(12)25-10-16-26-18(23)17(30(16)5)20(31)29(4)11-8-24-9-11/h6-7,11,24H,8-10H2,1-5H3,(H2,25,27,28). The summed E-state index contributed by atoms with van der Waals surface area (Å²) < 4.78 is 1.74. The van der Waals surface area contributed by atoms with E-state index in [0.29, 0.717) is 28.9 Å². The van der Waals surface area contributed by atoms with Crippen LogP contribution in [-0.2, 0) is 19.0 Å². The molecule has 2 aromatic heterocycles. The molecule has 0 saturated carbocycles. The van der Waals surface area contributed by atoms with Gasteiger partial charge < -0.3 is 20.1 Å². The van der Waals surface area contributed by atoms with Crippen molar-refractivity contribution in [2.75, 3.05) is 25.5 Å². The van der Waals surface area contributed by atoms with Crippen LogP contribution in [-0.4, -0.2) is 56.7 Å². The molecule has 8 nitrogen and oxygen atoms in total. The predicted octanol–water partition coefficient (Wildman–Crippen LogP) is 3.56. The van der Waals surface area contributed by atoms with Gasteiger partial charge in [-0.2, -0.15) is 5.10 Å². The highest BCUT2D eigenvalue weighted by Crippen LogP contribution is 2.34. The lowest BCUT2D eigenvalue weighted by atomic mass is 9.86. The Balaban J connectivity index is 1.57. The molecule has 3 N–H and O–H groups in total. The lowest BCUT2D eigenvalue weighted by Gasteiger charge is -2.35. The Morgan fingerprint density at radius 3 is 2.65 bits per heavy atom. The maximum absolute atomic E-state index is 12.9. The Bertz CT molecular complexity index is 1140. The molecule has 1 aliphatic rings. The number of amides is 1. The Morgan fingerprint density at radius 1 is 1.32 bits per heavy atom. The van der Waals surface area contributed by atoms with Gasteiger partial charge in [0.05, 0.1) is 18.1 Å². The third kappa shape index (κ3) is 4.00. The van der Waals surface area contributed by atoms with E-state index < -0.39 is 0 Å². The van der Waals surface area contributed by atoms with E-state index in [1.165, 1.54) is 0 Å². The van der Waals surface area contributed by atoms with Crippen molar-refractivity contribution in [3.63, 3.8) is 0 Å². The van der Waals surface area contributed by atoms with Gasteiger partial charge in [-0.05, 0) is 23.1 Å². The molecule has 4 rings (SSSR count). The molecule has 31 heavy (non-hydrogen) atoms. The van der Waals surface area contributed by atoms with Crippen LogP contribution in [0.15, 0.2) is 12.1 Å². The number of likely N-dealkylation sites (N-methyl/N-ethyl adjacent to an activating group) is 1. The fourth-order valence-corrected chi connectivity index (χ4v) is 4.44. The molecule has 166 valence electrons. The van der Waals surface area contributed by atoms with Crippen molar-refractivity contribution in [1.29, 1.82) is 0 Å². The second-order valence-corrected chi connectivity index (χ2v) is 9.77. The van der Waals surface area contributed by atoms with Crippen molar-refractivity contribution >= 4 is 45.8 Å². The predicted molar refractivity (Wildman–Crippen MR) is 124 cm³/mol. The zero-order valence-electron chi connectivity index (χ0n) is 18.3. The molecule has 1 amide bonds. The first-order chi connectivity index (χ1) is 14.6. The molecule has 0 bridgehead atoms. The maximum atomic E-state index is 12.9. The first kappa shape index (κ1) is 21.9. The number of fused-ring (bicyclic) bond motifs is 1. The highest BCUT2D eigenvalue weighted by Gasteiger charge is 2.30. The summed E-state index contributed by atoms with van der Waals surface area (Å²) in [4.78, 5) is 19.0. The number of halogens is 2. The van der Waals surface area contributed by atoms with Gasteiger partial charge in [0, 0.05) is 37.6 Å². The van der Waals surface area contributed by atoms with Gasteiger partial charge in [-0.1, -0.05) is 44.0 Å². The smallest absolute Gasteiger partial charge is 0.273 e. The number of benzene rings is 1. The summed E-state index contributed by atoms with van der Waals surface area (Å²) >= 11 is 12.8. The second-order valence-electron chi connectivity index (χ2n) is 9.01. The van der Waals surface area contributed by atoms with Crippen LogP contribution >= 0.6 is 23.2 Å². The highest BCUT2D eigenvalue weighted by atomic mass is 35.5. The van der Waals surface area contributed by atoms with Gasteiger partial charge >= 0.3 is 0 Å². The molecule has 3 heterocycles. The number of H-pyrrole nitrogens is 1. The molecule has 0 radical (unpaired) electrons. The van der Waals surface area contributed by atoms with Gasteiger partial charge in [-0.25, -0.2) is 4.98 Å². The molecular weight excluding hydrogens is 437 g/mol. The number of imidazole rings is 1. The minimum Gasteiger partial charge on any atom is -0.361 e. The SMILES string of the molecule is CN(C(=O)c1c(Cl)nc(CNc2n[nH]c3cc(Cl)c(C(C)(C)C)cc23)n1C)C1CNC1. The molecule has 10 heteroatoms. The van der Waals surface area contributed by atoms with Crippen molar-refractivity contribution in [2.45, 2.75) is 38.8 Å². The molecule has 0 unspecified atom stereocenters. The molecule has 0 aliphatic carbocycles. The Kier molecular flexibility index (Phi) is 5.66. The molecule has 0 spiro atoms. The van der Waals surface area contributed by atoms with Gasteiger partial charge in [0.15, 0.2) is 11.0 Å². The van der Waals surface area contributed by atoms with Gasteiger partial charge in [-0.15, -0.1) is 0 Å². The third-order valence-electron chi connectivity index (χ3n) is 5.85. The number of anilines is 1. The van der Waals surface area contributed by atoms with Crippen LogP contribution in [0.3, 0.4) is 0 Å². The van der Waals surface area contributed by atoms with Crippen molar-refractivity contribution in [2.24, 2.45) is 7.05 Å². The zero-order chi connectivity index (χ0) is 22.5. The van der Waals surface area contributed by atoms with Crippen LogP contribution in [0, 0.1) is 0 Å². The number of carbonyl (C=O) groups is 1. The Hall–Kier alpha value is -2.29. The monoisotopic (exact) mass is 463 g/mol. The average molecular weight is 464 g/mol. The van der Waals surface area contributed by atoms with E-state index in [-0.39, 0.29) is 22.5 Å². The van der Waals surface area contributed by atoms with Gasteiger partial charge in [0.25, 0.3) is 5.91 Å². The Labute approximate surface area is 191 Å². The summed E-state index contributed by atoms with van der Waals surface area (Å²) in [7, 11) is 3.60. The van der Waals surface area contributed by atoms with E-state index in [9.17, 15) is 4.79 Å². The molecule has 1 aromatic carbocycles. The number of carbonyl (C=O) groups excluding carboxylic acids is 1. The number of hydrogen-bond acceptors (Lipinski definition) is 5. The number of aromatic nitrogens is 4. The lowest BCUT2D eigenvalue weighted by Crippen LogP contribution is -2.57. The minimum atomic E-state index is -0.132. The normalized spacial score (nSPS) is 14.7. The number of nitrogens with zero attached hydrogens (tertiary/aromatic N) is 4. The largest absolute Gasteiger partial charge is 0.361 e. The molecular formula is C21H27Cl2N7O. The lowest BCUT2D eigenvalue weighted by molar-refractivity contribution is 0.0671. The van der Waals surface area contributed by atoms with Crippen molar-refractivity contribution in [3.05, 3.63) is 39.4 Å². The second kappa shape index (κ2) is 8.00. The van der Waals surface area contributed by atoms with Crippen LogP contribution in [0.5, 0.6) is 0 Å². The molecule has 3 aromatic rings. The topological polar surface area (TPSA) is 90.9 Å². The van der Waals surface area contributed by atoms with Gasteiger partial charge in [-0.3, -0.25) is 9.89 Å². The van der Waals surface area contributed by atoms with Gasteiger partial charge in [0.2, 0.25) is 0 Å². The van der Waals surface area contributed by atoms with Crippen LogP contribution in [0.4, 0.5) is 5.82 Å². The summed E-state index contributed by atoms with van der Waals surface area (Å²) in [6.07, 6.45) is 0. The van der Waals surface area contributed by atoms with E-state index in [1.54, 1.807) is 23.6 Å². The van der Waals surface area contributed by atoms with Crippen LogP contribution in [0.1, 0.15) is 42.6 Å². The quantitative estimate of drug-likeness (QED) is 0.537. The van der Waals surface area contributed by atoms with Crippen LogP contribution in [0.25, 0.3) is 10.9 Å². The van der Waals surface area contributed by atoms with Crippen molar-refractivity contribution in [3.8, 4) is 0 Å². The molecule has 0 atom stereocenters. The summed E-state index contributed by atoms with van der Waals surface area (Å²) in [6, 6.07) is 4.14. The minimum absolute atomic E-state index is 0.0930. The Morgan fingerprint density at radius 2 is 2.03 bits per heavy atom. The average Bonchev–Trinajstić information content (AvgIpc) is 3.16. The molecule has 1 saturated heterocycles. The number of rotatable bonds is 5. The van der Waals surface area contributed by atoms with Crippen molar-refractivity contribution < 1.29 is 4.79 Å². The first-order valence-corrected chi connectivity index (χ1v) is 10.9. The van der Waals surface area contributed by atoms with Crippen LogP contribution in [0.2, 0.25) is 10.2 Å². The van der Waals surface area contributed by atoms with E-state index in [1.807, 2.05) is 6.07 Å². The molecule has 1 aliphatic heterocycles.